The number of Topliss-reactive ketones (excluding diaryl/α,β-unsaturated/α-hetero) is 1. The van der Waals surface area contributed by atoms with Crippen LogP contribution in [0.4, 0.5) is 0 Å². The van der Waals surface area contributed by atoms with Crippen LogP contribution in [0.5, 0.6) is 0 Å². The summed E-state index contributed by atoms with van der Waals surface area (Å²) in [5.41, 5.74) is 4.33. The Hall–Kier alpha value is -1.89. The minimum absolute atomic E-state index is 0.0390. The molecule has 0 N–H and O–H groups in total. The lowest BCUT2D eigenvalue weighted by Crippen LogP contribution is -2.07. The van der Waals surface area contributed by atoms with Crippen molar-refractivity contribution in [1.29, 1.82) is 0 Å². The van der Waals surface area contributed by atoms with Crippen molar-refractivity contribution in [2.75, 3.05) is 0 Å². The van der Waals surface area contributed by atoms with Gasteiger partial charge in [0.1, 0.15) is 0 Å². The van der Waals surface area contributed by atoms with Crippen molar-refractivity contribution < 1.29 is 4.79 Å². The second kappa shape index (κ2) is 5.18. The molecule has 0 aliphatic carbocycles. The van der Waals surface area contributed by atoms with Gasteiger partial charge in [-0.25, -0.2) is 0 Å². The molecule has 0 fully saturated rings. The average molecular weight is 238 g/mol. The van der Waals surface area contributed by atoms with E-state index in [1.807, 2.05) is 44.2 Å². The Morgan fingerprint density at radius 1 is 1.00 bits per heavy atom. The number of hydrogen-bond acceptors (Lipinski definition) is 1. The lowest BCUT2D eigenvalue weighted by atomic mass is 9.95. The third-order valence-corrected chi connectivity index (χ3v) is 3.13. The molecule has 0 heterocycles. The van der Waals surface area contributed by atoms with Crippen LogP contribution in [0.15, 0.2) is 48.5 Å². The molecular weight excluding hydrogens is 220 g/mol. The van der Waals surface area contributed by atoms with E-state index in [-0.39, 0.29) is 11.7 Å². The molecule has 0 atom stereocenters. The highest BCUT2D eigenvalue weighted by Crippen LogP contribution is 2.24. The van der Waals surface area contributed by atoms with Crippen LogP contribution in [0.2, 0.25) is 0 Å². The Kier molecular flexibility index (Phi) is 3.61. The highest BCUT2D eigenvalue weighted by atomic mass is 16.1. The van der Waals surface area contributed by atoms with E-state index in [1.165, 1.54) is 11.1 Å². The molecule has 1 nitrogen and oxygen atoms in total. The van der Waals surface area contributed by atoms with Gasteiger partial charge in [0.25, 0.3) is 0 Å². The lowest BCUT2D eigenvalue weighted by Gasteiger charge is -2.09. The molecular formula is C17H18O. The largest absolute Gasteiger partial charge is 0.294 e. The second-order valence-corrected chi connectivity index (χ2v) is 4.91. The zero-order valence-corrected chi connectivity index (χ0v) is 11.1. The highest BCUT2D eigenvalue weighted by molar-refractivity contribution is 5.98. The van der Waals surface area contributed by atoms with E-state index in [9.17, 15) is 4.79 Å². The van der Waals surface area contributed by atoms with Crippen LogP contribution in [0, 0.1) is 12.8 Å². The molecule has 2 rings (SSSR count). The zero-order chi connectivity index (χ0) is 13.1. The van der Waals surface area contributed by atoms with E-state index in [0.29, 0.717) is 0 Å². The molecule has 1 heteroatoms. The minimum Gasteiger partial charge on any atom is -0.294 e. The standard InChI is InChI=1S/C17H18O/c1-12(2)17(18)15-9-6-8-14(11-15)16-10-5-4-7-13(16)3/h4-12H,1-3H3. The average Bonchev–Trinajstić information content (AvgIpc) is 2.38. The monoisotopic (exact) mass is 238 g/mol. The Morgan fingerprint density at radius 3 is 2.39 bits per heavy atom. The number of benzene rings is 2. The van der Waals surface area contributed by atoms with Crippen molar-refractivity contribution in [1.82, 2.24) is 0 Å². The van der Waals surface area contributed by atoms with Gasteiger partial charge in [-0.1, -0.05) is 56.3 Å². The summed E-state index contributed by atoms with van der Waals surface area (Å²) in [6.45, 7) is 5.96. The Labute approximate surface area is 108 Å². The summed E-state index contributed by atoms with van der Waals surface area (Å²) in [7, 11) is 0. The van der Waals surface area contributed by atoms with Crippen LogP contribution in [0.3, 0.4) is 0 Å². The molecule has 0 aliphatic heterocycles. The number of rotatable bonds is 3. The van der Waals surface area contributed by atoms with Crippen molar-refractivity contribution in [2.45, 2.75) is 20.8 Å². The van der Waals surface area contributed by atoms with Gasteiger partial charge in [-0.05, 0) is 29.7 Å². The van der Waals surface area contributed by atoms with Crippen LogP contribution >= 0.6 is 0 Å². The van der Waals surface area contributed by atoms with Crippen LogP contribution in [0.1, 0.15) is 29.8 Å². The second-order valence-electron chi connectivity index (χ2n) is 4.91. The van der Waals surface area contributed by atoms with E-state index >= 15 is 0 Å². The predicted octanol–water partition coefficient (Wildman–Crippen LogP) is 4.50. The summed E-state index contributed by atoms with van der Waals surface area (Å²) in [4.78, 5) is 12.0. The van der Waals surface area contributed by atoms with Crippen LogP contribution in [-0.2, 0) is 0 Å². The van der Waals surface area contributed by atoms with E-state index in [0.717, 1.165) is 11.1 Å². The molecule has 18 heavy (non-hydrogen) atoms. The van der Waals surface area contributed by atoms with Crippen LogP contribution in [0.25, 0.3) is 11.1 Å². The molecule has 2 aromatic carbocycles. The summed E-state index contributed by atoms with van der Waals surface area (Å²) in [5, 5.41) is 0. The van der Waals surface area contributed by atoms with Crippen molar-refractivity contribution in [3.8, 4) is 11.1 Å². The molecule has 0 saturated carbocycles. The maximum absolute atomic E-state index is 12.0. The van der Waals surface area contributed by atoms with Crippen LogP contribution in [-0.4, -0.2) is 5.78 Å². The van der Waals surface area contributed by atoms with Crippen LogP contribution < -0.4 is 0 Å². The first-order chi connectivity index (χ1) is 8.59. The Morgan fingerprint density at radius 2 is 1.72 bits per heavy atom. The fourth-order valence-corrected chi connectivity index (χ4v) is 2.07. The fourth-order valence-electron chi connectivity index (χ4n) is 2.07. The number of carbonyl (C=O) groups is 1. The van der Waals surface area contributed by atoms with Gasteiger partial charge in [0.05, 0.1) is 0 Å². The summed E-state index contributed by atoms with van der Waals surface area (Å²) >= 11 is 0. The third-order valence-electron chi connectivity index (χ3n) is 3.13. The van der Waals surface area contributed by atoms with Gasteiger partial charge in [0.15, 0.2) is 5.78 Å². The first-order valence-electron chi connectivity index (χ1n) is 6.30. The first kappa shape index (κ1) is 12.6. The van der Waals surface area contributed by atoms with Gasteiger partial charge in [-0.15, -0.1) is 0 Å². The molecule has 0 unspecified atom stereocenters. The molecule has 0 spiro atoms. The van der Waals surface area contributed by atoms with E-state index in [4.69, 9.17) is 0 Å². The maximum atomic E-state index is 12.0. The van der Waals surface area contributed by atoms with E-state index in [2.05, 4.69) is 25.1 Å². The third kappa shape index (κ3) is 2.51. The molecule has 2 aromatic rings. The van der Waals surface area contributed by atoms with Gasteiger partial charge >= 0.3 is 0 Å². The topological polar surface area (TPSA) is 17.1 Å². The van der Waals surface area contributed by atoms with Gasteiger partial charge in [0, 0.05) is 11.5 Å². The summed E-state index contributed by atoms with van der Waals surface area (Å²) < 4.78 is 0. The van der Waals surface area contributed by atoms with Crippen molar-refractivity contribution in [3.63, 3.8) is 0 Å². The van der Waals surface area contributed by atoms with Crippen molar-refractivity contribution >= 4 is 5.78 Å². The van der Waals surface area contributed by atoms with Gasteiger partial charge < -0.3 is 0 Å². The summed E-state index contributed by atoms with van der Waals surface area (Å²) in [5.74, 6) is 0.238. The van der Waals surface area contributed by atoms with Crippen molar-refractivity contribution in [2.24, 2.45) is 5.92 Å². The molecule has 92 valence electrons. The number of carbonyl (C=O) groups excluding carboxylic acids is 1. The molecule has 0 radical (unpaired) electrons. The van der Waals surface area contributed by atoms with Gasteiger partial charge in [-0.3, -0.25) is 4.79 Å². The van der Waals surface area contributed by atoms with E-state index in [1.54, 1.807) is 0 Å². The minimum atomic E-state index is 0.0390. The summed E-state index contributed by atoms with van der Waals surface area (Å²) in [6.07, 6.45) is 0. The molecule has 0 saturated heterocycles. The SMILES string of the molecule is Cc1ccccc1-c1cccc(C(=O)C(C)C)c1. The maximum Gasteiger partial charge on any atom is 0.165 e. The predicted molar refractivity (Wildman–Crippen MR) is 75.8 cm³/mol. The molecule has 0 aromatic heterocycles. The van der Waals surface area contributed by atoms with Gasteiger partial charge in [-0.2, -0.15) is 0 Å². The van der Waals surface area contributed by atoms with E-state index < -0.39 is 0 Å². The molecule has 0 bridgehead atoms. The number of aryl methyl sites for hydroxylation is 1. The summed E-state index contributed by atoms with van der Waals surface area (Å²) in [6, 6.07) is 16.1. The fraction of sp³-hybridized carbons (Fsp3) is 0.235. The molecule has 0 amide bonds. The highest BCUT2D eigenvalue weighted by Gasteiger charge is 2.11. The van der Waals surface area contributed by atoms with Crippen molar-refractivity contribution in [3.05, 3.63) is 59.7 Å². The quantitative estimate of drug-likeness (QED) is 0.719. The van der Waals surface area contributed by atoms with Gasteiger partial charge in [0.2, 0.25) is 0 Å². The Balaban J connectivity index is 2.45. The smallest absolute Gasteiger partial charge is 0.165 e. The lowest BCUT2D eigenvalue weighted by molar-refractivity contribution is 0.0939. The molecule has 0 aliphatic rings. The zero-order valence-electron chi connectivity index (χ0n) is 11.1. The number of hydrogen-bond donors (Lipinski definition) is 0. The normalized spacial score (nSPS) is 10.7. The first-order valence-corrected chi connectivity index (χ1v) is 6.30. The number of ketones is 1. The Bertz CT molecular complexity index is 567.